The fourth-order valence-corrected chi connectivity index (χ4v) is 2.24. The van der Waals surface area contributed by atoms with Crippen LogP contribution in [0.2, 0.25) is 0 Å². The molecule has 1 aliphatic carbocycles. The first-order valence-electron chi connectivity index (χ1n) is 6.89. The summed E-state index contributed by atoms with van der Waals surface area (Å²) in [6.45, 7) is 5.29. The Labute approximate surface area is 118 Å². The van der Waals surface area contributed by atoms with Crippen LogP contribution in [0.5, 0.6) is 0 Å². The van der Waals surface area contributed by atoms with Gasteiger partial charge in [0.05, 0.1) is 5.92 Å². The van der Waals surface area contributed by atoms with E-state index in [4.69, 9.17) is 5.11 Å². The predicted molar refractivity (Wildman–Crippen MR) is 73.2 cm³/mol. The zero-order valence-electron chi connectivity index (χ0n) is 12.1. The second kappa shape index (κ2) is 7.12. The molecule has 0 spiro atoms. The predicted octanol–water partition coefficient (Wildman–Crippen LogP) is 0.452. The van der Waals surface area contributed by atoms with E-state index in [1.54, 1.807) is 6.92 Å². The molecule has 1 fully saturated rings. The minimum atomic E-state index is -0.820. The molecule has 0 radical (unpaired) electrons. The number of carbonyl (C=O) groups is 3. The summed E-state index contributed by atoms with van der Waals surface area (Å²) in [4.78, 5) is 34.2. The molecule has 0 heterocycles. The number of carboxylic acids is 1. The zero-order valence-corrected chi connectivity index (χ0v) is 12.1. The van der Waals surface area contributed by atoms with Gasteiger partial charge in [-0.3, -0.25) is 9.59 Å². The van der Waals surface area contributed by atoms with Gasteiger partial charge in [0, 0.05) is 12.1 Å². The summed E-state index contributed by atoms with van der Waals surface area (Å²) in [5.74, 6) is -1.45. The number of rotatable bonds is 5. The molecule has 0 aromatic rings. The van der Waals surface area contributed by atoms with Gasteiger partial charge in [0.25, 0.3) is 0 Å². The summed E-state index contributed by atoms with van der Waals surface area (Å²) < 4.78 is 0. The second-order valence-corrected chi connectivity index (χ2v) is 5.55. The molecule has 0 bridgehead atoms. The molecule has 4 N–H and O–H groups in total. The van der Waals surface area contributed by atoms with Crippen molar-refractivity contribution in [2.24, 2.45) is 5.92 Å². The van der Waals surface area contributed by atoms with E-state index in [-0.39, 0.29) is 23.9 Å². The van der Waals surface area contributed by atoms with Crippen LogP contribution in [0.1, 0.15) is 40.0 Å². The lowest BCUT2D eigenvalue weighted by Crippen LogP contribution is -2.51. The number of carboxylic acid groups (broad SMARTS) is 1. The molecule has 7 heteroatoms. The molecule has 3 atom stereocenters. The molecular weight excluding hydrogens is 262 g/mol. The van der Waals surface area contributed by atoms with Crippen molar-refractivity contribution < 1.29 is 19.5 Å². The largest absolute Gasteiger partial charge is 0.481 e. The maximum absolute atomic E-state index is 11.7. The molecule has 1 unspecified atom stereocenters. The Morgan fingerprint density at radius 1 is 1.10 bits per heavy atom. The zero-order chi connectivity index (χ0) is 15.3. The second-order valence-electron chi connectivity index (χ2n) is 5.55. The van der Waals surface area contributed by atoms with E-state index >= 15 is 0 Å². The van der Waals surface area contributed by atoms with Crippen molar-refractivity contribution in [3.63, 3.8) is 0 Å². The Kier molecular flexibility index (Phi) is 5.79. The van der Waals surface area contributed by atoms with Crippen LogP contribution in [0, 0.1) is 5.92 Å². The number of amides is 3. The average molecular weight is 285 g/mol. The molecule has 0 aromatic carbocycles. The van der Waals surface area contributed by atoms with E-state index in [9.17, 15) is 14.4 Å². The quantitative estimate of drug-likeness (QED) is 0.588. The fourth-order valence-electron chi connectivity index (χ4n) is 2.24. The van der Waals surface area contributed by atoms with Crippen LogP contribution in [0.25, 0.3) is 0 Å². The van der Waals surface area contributed by atoms with Gasteiger partial charge >= 0.3 is 12.0 Å². The van der Waals surface area contributed by atoms with Crippen LogP contribution >= 0.6 is 0 Å². The van der Waals surface area contributed by atoms with Crippen molar-refractivity contribution in [3.05, 3.63) is 0 Å². The Bertz CT molecular complexity index is 384. The SMILES string of the molecule is CC(C)NC(=O)C(C)NC(=O)N[C@H]1CC[C@@H](C(=O)O)C1. The summed E-state index contributed by atoms with van der Waals surface area (Å²) >= 11 is 0. The molecule has 3 amide bonds. The Morgan fingerprint density at radius 2 is 1.75 bits per heavy atom. The monoisotopic (exact) mass is 285 g/mol. The molecule has 20 heavy (non-hydrogen) atoms. The van der Waals surface area contributed by atoms with Crippen molar-refractivity contribution in [3.8, 4) is 0 Å². The highest BCUT2D eigenvalue weighted by Crippen LogP contribution is 2.25. The topological polar surface area (TPSA) is 108 Å². The number of nitrogens with one attached hydrogen (secondary N) is 3. The highest BCUT2D eigenvalue weighted by Gasteiger charge is 2.30. The number of urea groups is 1. The van der Waals surface area contributed by atoms with Crippen LogP contribution in [0.3, 0.4) is 0 Å². The van der Waals surface area contributed by atoms with E-state index in [2.05, 4.69) is 16.0 Å². The normalized spacial score (nSPS) is 23.2. The minimum Gasteiger partial charge on any atom is -0.481 e. The number of hydrogen-bond acceptors (Lipinski definition) is 3. The van der Waals surface area contributed by atoms with Crippen molar-refractivity contribution in [2.45, 2.75) is 58.2 Å². The third-order valence-corrected chi connectivity index (χ3v) is 3.29. The third-order valence-electron chi connectivity index (χ3n) is 3.29. The van der Waals surface area contributed by atoms with Gasteiger partial charge in [-0.1, -0.05) is 0 Å². The smallest absolute Gasteiger partial charge is 0.315 e. The highest BCUT2D eigenvalue weighted by molar-refractivity contribution is 5.86. The van der Waals surface area contributed by atoms with Crippen molar-refractivity contribution in [1.82, 2.24) is 16.0 Å². The maximum Gasteiger partial charge on any atom is 0.315 e. The molecule has 1 saturated carbocycles. The van der Waals surface area contributed by atoms with Crippen LogP contribution in [-0.2, 0) is 9.59 Å². The molecular formula is C13H23N3O4. The van der Waals surface area contributed by atoms with Crippen LogP contribution < -0.4 is 16.0 Å². The van der Waals surface area contributed by atoms with Gasteiger partial charge < -0.3 is 21.1 Å². The first kappa shape index (κ1) is 16.3. The van der Waals surface area contributed by atoms with Gasteiger partial charge in [0.2, 0.25) is 5.91 Å². The molecule has 114 valence electrons. The van der Waals surface area contributed by atoms with Crippen LogP contribution in [0.15, 0.2) is 0 Å². The van der Waals surface area contributed by atoms with E-state index < -0.39 is 18.0 Å². The summed E-state index contributed by atoms with van der Waals surface area (Å²) in [6.07, 6.45) is 1.66. The number of aliphatic carboxylic acids is 1. The lowest BCUT2D eigenvalue weighted by molar-refractivity contribution is -0.141. The third kappa shape index (κ3) is 5.07. The summed E-state index contributed by atoms with van der Waals surface area (Å²) in [7, 11) is 0. The first-order valence-corrected chi connectivity index (χ1v) is 6.89. The lowest BCUT2D eigenvalue weighted by Gasteiger charge is -2.18. The first-order chi connectivity index (χ1) is 9.29. The van der Waals surface area contributed by atoms with E-state index in [1.807, 2.05) is 13.8 Å². The molecule has 0 aromatic heterocycles. The van der Waals surface area contributed by atoms with Gasteiger partial charge in [-0.05, 0) is 40.0 Å². The van der Waals surface area contributed by atoms with E-state index in [0.717, 1.165) is 0 Å². The van der Waals surface area contributed by atoms with Gasteiger partial charge in [-0.15, -0.1) is 0 Å². The summed E-state index contributed by atoms with van der Waals surface area (Å²) in [5, 5.41) is 16.8. The fraction of sp³-hybridized carbons (Fsp3) is 0.769. The Morgan fingerprint density at radius 3 is 2.25 bits per heavy atom. The molecule has 0 saturated heterocycles. The molecule has 0 aliphatic heterocycles. The van der Waals surface area contributed by atoms with Crippen LogP contribution in [-0.4, -0.2) is 41.1 Å². The van der Waals surface area contributed by atoms with Gasteiger partial charge in [-0.25, -0.2) is 4.79 Å². The molecule has 1 aliphatic rings. The minimum absolute atomic E-state index is 0.0148. The average Bonchev–Trinajstić information content (AvgIpc) is 2.76. The standard InChI is InChI=1S/C13H23N3O4/c1-7(2)14-11(17)8(3)15-13(20)16-10-5-4-9(6-10)12(18)19/h7-10H,4-6H2,1-3H3,(H,14,17)(H,18,19)(H2,15,16,20)/t8?,9-,10+/m1/s1. The van der Waals surface area contributed by atoms with Crippen molar-refractivity contribution in [2.75, 3.05) is 0 Å². The number of carbonyl (C=O) groups excluding carboxylic acids is 2. The lowest BCUT2D eigenvalue weighted by atomic mass is 10.1. The van der Waals surface area contributed by atoms with Gasteiger partial charge in [0.1, 0.15) is 6.04 Å². The van der Waals surface area contributed by atoms with E-state index in [0.29, 0.717) is 19.3 Å². The summed E-state index contributed by atoms with van der Waals surface area (Å²) in [6, 6.07) is -1.20. The maximum atomic E-state index is 11.7. The van der Waals surface area contributed by atoms with Crippen molar-refractivity contribution in [1.29, 1.82) is 0 Å². The summed E-state index contributed by atoms with van der Waals surface area (Å²) in [5.41, 5.74) is 0. The van der Waals surface area contributed by atoms with Crippen LogP contribution in [0.4, 0.5) is 4.79 Å². The Balaban J connectivity index is 2.33. The molecule has 1 rings (SSSR count). The Hall–Kier alpha value is -1.79. The molecule has 7 nitrogen and oxygen atoms in total. The van der Waals surface area contributed by atoms with Gasteiger partial charge in [-0.2, -0.15) is 0 Å². The number of hydrogen-bond donors (Lipinski definition) is 4. The van der Waals surface area contributed by atoms with Crippen molar-refractivity contribution >= 4 is 17.9 Å². The highest BCUT2D eigenvalue weighted by atomic mass is 16.4. The van der Waals surface area contributed by atoms with E-state index in [1.165, 1.54) is 0 Å². The van der Waals surface area contributed by atoms with Gasteiger partial charge in [0.15, 0.2) is 0 Å².